The summed E-state index contributed by atoms with van der Waals surface area (Å²) in [7, 11) is 3.80. The van der Waals surface area contributed by atoms with Crippen LogP contribution in [0.15, 0.2) is 71.2 Å². The number of nitrogens with zero attached hydrogens (tertiary/aromatic N) is 2. The van der Waals surface area contributed by atoms with Crippen molar-refractivity contribution in [2.75, 3.05) is 26.2 Å². The van der Waals surface area contributed by atoms with Crippen LogP contribution in [0.5, 0.6) is 0 Å². The number of para-hydroxylation sites is 1. The number of carbonyl (C=O) groups excluding carboxylic acids is 3. The zero-order chi connectivity index (χ0) is 25.0. The number of aryl methyl sites for hydroxylation is 1. The Hall–Kier alpha value is -4.58. The van der Waals surface area contributed by atoms with Crippen LogP contribution in [0, 0.1) is 18.3 Å². The summed E-state index contributed by atoms with van der Waals surface area (Å²) in [6.07, 6.45) is 0. The first-order valence-corrected chi connectivity index (χ1v) is 10.3. The molecule has 9 nitrogen and oxygen atoms in total. The first kappa shape index (κ1) is 24.1. The summed E-state index contributed by atoms with van der Waals surface area (Å²) in [5.74, 6) is -3.26. The smallest absolute Gasteiger partial charge is 0.355 e. The molecule has 3 rings (SSSR count). The van der Waals surface area contributed by atoms with Gasteiger partial charge in [-0.2, -0.15) is 5.26 Å². The zero-order valence-electron chi connectivity index (χ0n) is 19.2. The summed E-state index contributed by atoms with van der Waals surface area (Å²) >= 11 is 0. The molecular weight excluding hydrogens is 436 g/mol. The number of allylic oxidation sites excluding steroid dienone is 1. The standard InChI is InChI=1S/C25H24N4O5/c1-14-9-8-12-16(23(30)28-2)20(14)29-21(25(32)34-4)19(24(31)33-3)18(17(13-26)22(29)27)15-10-6-5-7-11-15/h5-12,18H,27H2,1-4H3,(H,28,30). The Morgan fingerprint density at radius 3 is 2.24 bits per heavy atom. The van der Waals surface area contributed by atoms with Crippen molar-refractivity contribution < 1.29 is 23.9 Å². The van der Waals surface area contributed by atoms with E-state index in [-0.39, 0.29) is 33.9 Å². The highest BCUT2D eigenvalue weighted by Crippen LogP contribution is 2.44. The Bertz CT molecular complexity index is 1260. The number of hydrogen-bond acceptors (Lipinski definition) is 8. The van der Waals surface area contributed by atoms with Gasteiger partial charge in [0.2, 0.25) is 0 Å². The van der Waals surface area contributed by atoms with Gasteiger partial charge in [-0.25, -0.2) is 9.59 Å². The Morgan fingerprint density at radius 1 is 1.03 bits per heavy atom. The number of nitriles is 1. The van der Waals surface area contributed by atoms with Crippen LogP contribution in [-0.2, 0) is 19.1 Å². The third-order valence-electron chi connectivity index (χ3n) is 5.54. The first-order chi connectivity index (χ1) is 16.3. The average Bonchev–Trinajstić information content (AvgIpc) is 2.87. The lowest BCUT2D eigenvalue weighted by Gasteiger charge is -2.37. The molecule has 1 unspecified atom stereocenters. The summed E-state index contributed by atoms with van der Waals surface area (Å²) in [6.45, 7) is 1.72. The highest BCUT2D eigenvalue weighted by atomic mass is 16.5. The molecule has 1 atom stereocenters. The molecule has 9 heteroatoms. The second-order valence-corrected chi connectivity index (χ2v) is 7.39. The Balaban J connectivity index is 2.50. The number of esters is 2. The first-order valence-electron chi connectivity index (χ1n) is 10.3. The highest BCUT2D eigenvalue weighted by molar-refractivity contribution is 6.09. The average molecular weight is 460 g/mol. The molecule has 1 heterocycles. The second kappa shape index (κ2) is 9.92. The van der Waals surface area contributed by atoms with E-state index in [1.807, 2.05) is 0 Å². The maximum atomic E-state index is 13.2. The summed E-state index contributed by atoms with van der Waals surface area (Å²) < 4.78 is 10.1. The molecule has 0 spiro atoms. The van der Waals surface area contributed by atoms with Crippen molar-refractivity contribution in [2.45, 2.75) is 12.8 Å². The minimum atomic E-state index is -0.989. The van der Waals surface area contributed by atoms with Crippen LogP contribution < -0.4 is 16.0 Å². The number of nitrogens with one attached hydrogen (secondary N) is 1. The molecule has 2 aromatic carbocycles. The van der Waals surface area contributed by atoms with E-state index in [9.17, 15) is 19.6 Å². The fourth-order valence-electron chi connectivity index (χ4n) is 4.02. The topological polar surface area (TPSA) is 135 Å². The molecule has 1 aliphatic heterocycles. The minimum Gasteiger partial charge on any atom is -0.466 e. The van der Waals surface area contributed by atoms with Crippen LogP contribution in [0.3, 0.4) is 0 Å². The molecule has 0 aliphatic carbocycles. The van der Waals surface area contributed by atoms with Gasteiger partial charge < -0.3 is 20.5 Å². The van der Waals surface area contributed by atoms with Gasteiger partial charge in [-0.05, 0) is 24.1 Å². The number of anilines is 1. The lowest BCUT2D eigenvalue weighted by Crippen LogP contribution is -2.42. The molecule has 1 amide bonds. The SMILES string of the molecule is CNC(=O)c1cccc(C)c1N1C(N)=C(C#N)C(c2ccccc2)C(C(=O)OC)=C1C(=O)OC. The van der Waals surface area contributed by atoms with Gasteiger partial charge in [-0.3, -0.25) is 9.69 Å². The third-order valence-corrected chi connectivity index (χ3v) is 5.54. The van der Waals surface area contributed by atoms with Gasteiger partial charge in [0, 0.05) is 7.05 Å². The number of amides is 1. The number of rotatable bonds is 5. The van der Waals surface area contributed by atoms with Crippen LogP contribution in [0.1, 0.15) is 27.4 Å². The predicted octanol–water partition coefficient (Wildman–Crippen LogP) is 2.25. The Morgan fingerprint density at radius 2 is 1.68 bits per heavy atom. The van der Waals surface area contributed by atoms with Gasteiger partial charge in [0.05, 0.1) is 48.6 Å². The normalized spacial score (nSPS) is 15.5. The number of carbonyl (C=O) groups is 3. The van der Waals surface area contributed by atoms with Gasteiger partial charge in [0.25, 0.3) is 5.91 Å². The van der Waals surface area contributed by atoms with E-state index in [1.165, 1.54) is 19.1 Å². The molecule has 174 valence electrons. The molecule has 0 saturated heterocycles. The van der Waals surface area contributed by atoms with Crippen LogP contribution in [-0.4, -0.2) is 39.1 Å². The summed E-state index contributed by atoms with van der Waals surface area (Å²) in [4.78, 5) is 40.2. The number of benzene rings is 2. The molecule has 0 fully saturated rings. The van der Waals surface area contributed by atoms with E-state index < -0.39 is 23.8 Å². The lowest BCUT2D eigenvalue weighted by molar-refractivity contribution is -0.139. The van der Waals surface area contributed by atoms with E-state index in [1.54, 1.807) is 55.5 Å². The molecule has 3 N–H and O–H groups in total. The Labute approximate surface area is 197 Å². The van der Waals surface area contributed by atoms with Gasteiger partial charge in [0.15, 0.2) is 0 Å². The second-order valence-electron chi connectivity index (χ2n) is 7.39. The molecule has 0 aromatic heterocycles. The molecule has 0 bridgehead atoms. The van der Waals surface area contributed by atoms with E-state index in [0.29, 0.717) is 11.1 Å². The fraction of sp³-hybridized carbons (Fsp3) is 0.200. The Kier molecular flexibility index (Phi) is 7.02. The van der Waals surface area contributed by atoms with E-state index in [4.69, 9.17) is 15.2 Å². The van der Waals surface area contributed by atoms with Crippen LogP contribution in [0.2, 0.25) is 0 Å². The van der Waals surface area contributed by atoms with E-state index in [2.05, 4.69) is 11.4 Å². The van der Waals surface area contributed by atoms with Crippen molar-refractivity contribution in [2.24, 2.45) is 5.73 Å². The van der Waals surface area contributed by atoms with Gasteiger partial charge in [-0.1, -0.05) is 42.5 Å². The van der Waals surface area contributed by atoms with Gasteiger partial charge in [0.1, 0.15) is 11.5 Å². The summed E-state index contributed by atoms with van der Waals surface area (Å²) in [5.41, 5.74) is 7.72. The zero-order valence-corrected chi connectivity index (χ0v) is 19.2. The maximum absolute atomic E-state index is 13.2. The molecule has 0 radical (unpaired) electrons. The number of ether oxygens (including phenoxy) is 2. The van der Waals surface area contributed by atoms with Crippen molar-refractivity contribution in [1.82, 2.24) is 5.32 Å². The van der Waals surface area contributed by atoms with Gasteiger partial charge in [-0.15, -0.1) is 0 Å². The summed E-state index contributed by atoms with van der Waals surface area (Å²) in [6, 6.07) is 15.7. The van der Waals surface area contributed by atoms with Crippen molar-refractivity contribution in [1.29, 1.82) is 5.26 Å². The van der Waals surface area contributed by atoms with Crippen molar-refractivity contribution in [3.05, 3.63) is 87.9 Å². The molecule has 2 aromatic rings. The number of nitrogens with two attached hydrogens (primary N) is 1. The van der Waals surface area contributed by atoms with Crippen LogP contribution in [0.25, 0.3) is 0 Å². The summed E-state index contributed by atoms with van der Waals surface area (Å²) in [5, 5.41) is 12.7. The van der Waals surface area contributed by atoms with Gasteiger partial charge >= 0.3 is 11.9 Å². The molecule has 0 saturated carbocycles. The monoisotopic (exact) mass is 460 g/mol. The molecule has 1 aliphatic rings. The number of methoxy groups -OCH3 is 2. The predicted molar refractivity (Wildman–Crippen MR) is 124 cm³/mol. The third kappa shape index (κ3) is 3.97. The fourth-order valence-corrected chi connectivity index (χ4v) is 4.02. The van der Waals surface area contributed by atoms with Crippen LogP contribution >= 0.6 is 0 Å². The quantitative estimate of drug-likeness (QED) is 0.649. The van der Waals surface area contributed by atoms with E-state index in [0.717, 1.165) is 7.11 Å². The molecular formula is C25H24N4O5. The highest BCUT2D eigenvalue weighted by Gasteiger charge is 2.44. The lowest BCUT2D eigenvalue weighted by atomic mass is 9.80. The van der Waals surface area contributed by atoms with Crippen molar-refractivity contribution in [3.63, 3.8) is 0 Å². The largest absolute Gasteiger partial charge is 0.466 e. The van der Waals surface area contributed by atoms with Crippen molar-refractivity contribution in [3.8, 4) is 6.07 Å². The van der Waals surface area contributed by atoms with Crippen molar-refractivity contribution >= 4 is 23.5 Å². The molecule has 34 heavy (non-hydrogen) atoms. The van der Waals surface area contributed by atoms with Crippen LogP contribution in [0.4, 0.5) is 5.69 Å². The number of hydrogen-bond donors (Lipinski definition) is 2. The maximum Gasteiger partial charge on any atom is 0.355 e. The minimum absolute atomic E-state index is 0.0189. The van der Waals surface area contributed by atoms with E-state index >= 15 is 0 Å².